The Kier molecular flexibility index (Phi) is 10.1. The Hall–Kier alpha value is -5.11. The van der Waals surface area contributed by atoms with Crippen molar-refractivity contribution in [2.24, 2.45) is 0 Å². The van der Waals surface area contributed by atoms with E-state index >= 15 is 0 Å². The van der Waals surface area contributed by atoms with Crippen LogP contribution in [0.5, 0.6) is 5.75 Å². The monoisotopic (exact) mass is 723 g/mol. The van der Waals surface area contributed by atoms with Crippen molar-refractivity contribution in [3.63, 3.8) is 0 Å². The molecule has 52 heavy (non-hydrogen) atoms. The minimum Gasteiger partial charge on any atom is -0.494 e. The third kappa shape index (κ3) is 7.16. The number of anilines is 5. The number of nitrogens with zero attached hydrogens (tertiary/aromatic N) is 8. The summed E-state index contributed by atoms with van der Waals surface area (Å²) in [6.07, 6.45) is 10.1. The van der Waals surface area contributed by atoms with Crippen LogP contribution in [-0.2, 0) is 4.57 Å². The molecule has 5 aromatic rings. The SMILES string of the molecule is CN/C=C(\C=N)c1cc(Nc2nc(Nc3ccc4nccnc4c3P(C)(C)=O)c3nc[nH]c3n2)c(OC)cc1N1CCC(N2CCN(C)CC2)CC1. The summed E-state index contributed by atoms with van der Waals surface area (Å²) >= 11 is 0. The van der Waals surface area contributed by atoms with Gasteiger partial charge in [-0.25, -0.2) is 4.98 Å². The summed E-state index contributed by atoms with van der Waals surface area (Å²) in [5.74, 6) is 1.32. The molecule has 0 amide bonds. The Morgan fingerprint density at radius 2 is 1.75 bits per heavy atom. The molecule has 3 aromatic heterocycles. The number of piperidine rings is 1. The van der Waals surface area contributed by atoms with Crippen LogP contribution in [-0.4, -0.2) is 126 Å². The van der Waals surface area contributed by atoms with Gasteiger partial charge in [0.1, 0.15) is 18.4 Å². The summed E-state index contributed by atoms with van der Waals surface area (Å²) in [5.41, 5.74) is 6.11. The van der Waals surface area contributed by atoms with Gasteiger partial charge in [0.25, 0.3) is 0 Å². The first kappa shape index (κ1) is 35.3. The minimum absolute atomic E-state index is 0.288. The van der Waals surface area contributed by atoms with E-state index in [1.54, 1.807) is 39.2 Å². The smallest absolute Gasteiger partial charge is 0.231 e. The zero-order valence-electron chi connectivity index (χ0n) is 30.3. The van der Waals surface area contributed by atoms with Crippen LogP contribution in [0.4, 0.5) is 28.8 Å². The number of piperazine rings is 1. The van der Waals surface area contributed by atoms with Gasteiger partial charge in [0.05, 0.1) is 35.6 Å². The van der Waals surface area contributed by atoms with E-state index in [4.69, 9.17) is 20.1 Å². The number of likely N-dealkylation sites (N-methyl/N-ethyl adjacent to an activating group) is 1. The number of rotatable bonds is 11. The summed E-state index contributed by atoms with van der Waals surface area (Å²) in [4.78, 5) is 33.5. The Labute approximate surface area is 303 Å². The summed E-state index contributed by atoms with van der Waals surface area (Å²) < 4.78 is 19.6. The average molecular weight is 724 g/mol. The van der Waals surface area contributed by atoms with Crippen molar-refractivity contribution >= 4 is 75.3 Å². The zero-order chi connectivity index (χ0) is 36.4. The molecule has 0 aliphatic carbocycles. The topological polar surface area (TPSA) is 176 Å². The third-order valence-electron chi connectivity index (χ3n) is 9.87. The fraction of sp³-hybridized carbons (Fsp3) is 0.389. The number of methoxy groups -OCH3 is 1. The number of fused-ring (bicyclic) bond motifs is 2. The largest absolute Gasteiger partial charge is 0.494 e. The minimum atomic E-state index is -2.82. The van der Waals surface area contributed by atoms with Gasteiger partial charge in [-0.2, -0.15) is 9.97 Å². The van der Waals surface area contributed by atoms with Crippen molar-refractivity contribution in [1.29, 1.82) is 5.41 Å². The lowest BCUT2D eigenvalue weighted by molar-refractivity contribution is 0.0982. The number of aromatic nitrogens is 6. The third-order valence-corrected chi connectivity index (χ3v) is 11.4. The number of allylic oxidation sites excluding steroid dienone is 1. The van der Waals surface area contributed by atoms with Crippen molar-refractivity contribution < 1.29 is 9.30 Å². The predicted molar refractivity (Wildman–Crippen MR) is 210 cm³/mol. The molecule has 0 radical (unpaired) electrons. The Bertz CT molecular complexity index is 2160. The second-order valence-corrected chi connectivity index (χ2v) is 16.8. The van der Waals surface area contributed by atoms with E-state index in [0.29, 0.717) is 56.5 Å². The first-order valence-electron chi connectivity index (χ1n) is 17.5. The van der Waals surface area contributed by atoms with Gasteiger partial charge in [-0.15, -0.1) is 0 Å². The lowest BCUT2D eigenvalue weighted by Gasteiger charge is -2.43. The van der Waals surface area contributed by atoms with Gasteiger partial charge < -0.3 is 45.4 Å². The molecule has 5 N–H and O–H groups in total. The lowest BCUT2D eigenvalue weighted by Crippen LogP contribution is -2.52. The summed E-state index contributed by atoms with van der Waals surface area (Å²) in [5, 5.41) is 18.8. The summed E-state index contributed by atoms with van der Waals surface area (Å²) in [7, 11) is 2.85. The van der Waals surface area contributed by atoms with E-state index in [1.165, 1.54) is 6.21 Å². The van der Waals surface area contributed by atoms with Gasteiger partial charge in [0, 0.05) is 100 Å². The molecule has 0 bridgehead atoms. The molecule has 0 atom stereocenters. The fourth-order valence-corrected chi connectivity index (χ4v) is 8.63. The molecular formula is C36H46N13O2P. The second kappa shape index (κ2) is 14.9. The maximum atomic E-state index is 13.6. The van der Waals surface area contributed by atoms with E-state index in [0.717, 1.165) is 68.9 Å². The molecule has 2 aromatic carbocycles. The van der Waals surface area contributed by atoms with Crippen LogP contribution in [0.2, 0.25) is 0 Å². The maximum absolute atomic E-state index is 13.6. The number of benzene rings is 2. The molecule has 272 valence electrons. The van der Waals surface area contributed by atoms with Crippen LogP contribution in [0.3, 0.4) is 0 Å². The molecule has 2 saturated heterocycles. The first-order chi connectivity index (χ1) is 25.2. The van der Waals surface area contributed by atoms with E-state index in [2.05, 4.69) is 57.6 Å². The highest BCUT2D eigenvalue weighted by Gasteiger charge is 2.29. The highest BCUT2D eigenvalue weighted by atomic mass is 31.2. The predicted octanol–water partition coefficient (Wildman–Crippen LogP) is 4.47. The molecule has 7 rings (SSSR count). The van der Waals surface area contributed by atoms with Gasteiger partial charge in [0.15, 0.2) is 17.0 Å². The molecule has 0 saturated carbocycles. The van der Waals surface area contributed by atoms with E-state index in [-0.39, 0.29) is 5.95 Å². The first-order valence-corrected chi connectivity index (χ1v) is 20.1. The van der Waals surface area contributed by atoms with Crippen LogP contribution < -0.4 is 30.9 Å². The molecule has 0 unspecified atom stereocenters. The van der Waals surface area contributed by atoms with E-state index < -0.39 is 7.14 Å². The van der Waals surface area contributed by atoms with Gasteiger partial charge >= 0.3 is 0 Å². The van der Waals surface area contributed by atoms with Crippen LogP contribution >= 0.6 is 7.14 Å². The van der Waals surface area contributed by atoms with Crippen LogP contribution in [0.15, 0.2) is 49.2 Å². The normalized spacial score (nSPS) is 16.7. The fourth-order valence-electron chi connectivity index (χ4n) is 7.23. The second-order valence-electron chi connectivity index (χ2n) is 13.6. The van der Waals surface area contributed by atoms with E-state index in [1.807, 2.05) is 37.5 Å². The highest BCUT2D eigenvalue weighted by Crippen LogP contribution is 2.42. The van der Waals surface area contributed by atoms with Gasteiger partial charge in [-0.1, -0.05) is 0 Å². The standard InChI is InChI=1S/C36H46N13O2P/c1-38-21-23(20-37)25-18-28(30(51-3)19-29(25)49-12-8-24(9-13-49)48-16-14-47(2)15-17-48)44-36-45-34-32(41-22-42-34)35(46-36)43-27-7-6-26-31(40-11-10-39-26)33(27)52(4,5)50/h6-7,10-11,18-22,24,37-38H,8-9,12-17H2,1-5H3,(H3,41,42,43,44,45,46)/b23-21+,37-20?. The number of hydrogen-bond donors (Lipinski definition) is 5. The quantitative estimate of drug-likeness (QED) is 0.0955. The van der Waals surface area contributed by atoms with Crippen LogP contribution in [0.25, 0.3) is 27.8 Å². The average Bonchev–Trinajstić information content (AvgIpc) is 3.63. The lowest BCUT2D eigenvalue weighted by atomic mass is 9.98. The number of hydrogen-bond acceptors (Lipinski definition) is 14. The number of ether oxygens (including phenoxy) is 1. The van der Waals surface area contributed by atoms with Crippen molar-refractivity contribution in [3.05, 3.63) is 54.7 Å². The summed E-state index contributed by atoms with van der Waals surface area (Å²) in [6.45, 7) is 9.70. The van der Waals surface area contributed by atoms with Gasteiger partial charge in [0.2, 0.25) is 5.95 Å². The Balaban J connectivity index is 1.23. The molecule has 15 nitrogen and oxygen atoms in total. The molecule has 2 aliphatic heterocycles. The summed E-state index contributed by atoms with van der Waals surface area (Å²) in [6, 6.07) is 8.29. The molecule has 2 aliphatic rings. The van der Waals surface area contributed by atoms with Gasteiger partial charge in [-0.3, -0.25) is 14.9 Å². The highest BCUT2D eigenvalue weighted by molar-refractivity contribution is 7.71. The van der Waals surface area contributed by atoms with Crippen LogP contribution in [0, 0.1) is 5.41 Å². The molecular weight excluding hydrogens is 677 g/mol. The van der Waals surface area contributed by atoms with Gasteiger partial charge in [-0.05, 0) is 51.4 Å². The van der Waals surface area contributed by atoms with Crippen molar-refractivity contribution in [1.82, 2.24) is 45.0 Å². The van der Waals surface area contributed by atoms with Crippen molar-refractivity contribution in [2.75, 3.05) is 89.3 Å². The van der Waals surface area contributed by atoms with Crippen molar-refractivity contribution in [2.45, 2.75) is 18.9 Å². The Morgan fingerprint density at radius 3 is 2.46 bits per heavy atom. The molecule has 2 fully saturated rings. The maximum Gasteiger partial charge on any atom is 0.231 e. The number of imidazole rings is 1. The molecule has 16 heteroatoms. The molecule has 5 heterocycles. The number of aromatic amines is 1. The molecule has 0 spiro atoms. The number of H-pyrrole nitrogens is 1. The Morgan fingerprint density at radius 1 is 0.981 bits per heavy atom. The zero-order valence-corrected chi connectivity index (χ0v) is 31.2. The van der Waals surface area contributed by atoms with E-state index in [9.17, 15) is 4.57 Å². The number of nitrogens with one attached hydrogen (secondary N) is 5. The van der Waals surface area contributed by atoms with Crippen LogP contribution in [0.1, 0.15) is 18.4 Å². The van der Waals surface area contributed by atoms with Crippen molar-refractivity contribution in [3.8, 4) is 5.75 Å².